The van der Waals surface area contributed by atoms with Gasteiger partial charge in [-0.3, -0.25) is 4.79 Å². The van der Waals surface area contributed by atoms with E-state index in [1.807, 2.05) is 0 Å². The molecule has 0 atom stereocenters. The normalized spacial score (nSPS) is 10.6. The van der Waals surface area contributed by atoms with Crippen molar-refractivity contribution in [2.24, 2.45) is 0 Å². The molecule has 1 N–H and O–H groups in total. The highest BCUT2D eigenvalue weighted by Crippen LogP contribution is 2.30. The number of methoxy groups -OCH3 is 1. The number of ether oxygens (including phenoxy) is 2. The smallest absolute Gasteiger partial charge is 0.258 e. The van der Waals surface area contributed by atoms with E-state index in [2.05, 4.69) is 16.9 Å². The minimum Gasteiger partial charge on any atom is -0.493 e. The Balaban J connectivity index is 2.43. The van der Waals surface area contributed by atoms with E-state index in [9.17, 15) is 4.79 Å². The summed E-state index contributed by atoms with van der Waals surface area (Å²) < 4.78 is 10.9. The highest BCUT2D eigenvalue weighted by Gasteiger charge is 2.09. The van der Waals surface area contributed by atoms with Crippen LogP contribution in [0, 0.1) is 0 Å². The van der Waals surface area contributed by atoms with Crippen LogP contribution >= 0.6 is 0 Å². The van der Waals surface area contributed by atoms with Crippen LogP contribution in [0.1, 0.15) is 19.8 Å². The van der Waals surface area contributed by atoms with Gasteiger partial charge < -0.3 is 14.5 Å². The van der Waals surface area contributed by atoms with Gasteiger partial charge in [0.05, 0.1) is 30.9 Å². The van der Waals surface area contributed by atoms with E-state index in [-0.39, 0.29) is 5.56 Å². The van der Waals surface area contributed by atoms with Crippen LogP contribution in [-0.4, -0.2) is 23.7 Å². The van der Waals surface area contributed by atoms with E-state index in [0.29, 0.717) is 29.0 Å². The van der Waals surface area contributed by atoms with Gasteiger partial charge in [-0.1, -0.05) is 13.3 Å². The summed E-state index contributed by atoms with van der Waals surface area (Å²) in [7, 11) is 1.55. The van der Waals surface area contributed by atoms with Crippen LogP contribution in [0.5, 0.6) is 11.5 Å². The lowest BCUT2D eigenvalue weighted by Crippen LogP contribution is -2.07. The number of nitrogens with zero attached hydrogens (tertiary/aromatic N) is 1. The van der Waals surface area contributed by atoms with Gasteiger partial charge in [-0.2, -0.15) is 0 Å². The van der Waals surface area contributed by atoms with E-state index >= 15 is 0 Å². The summed E-state index contributed by atoms with van der Waals surface area (Å²) in [6.07, 6.45) is 3.42. The van der Waals surface area contributed by atoms with E-state index in [4.69, 9.17) is 9.47 Å². The maximum atomic E-state index is 11.6. The number of unbranched alkanes of at least 4 members (excludes halogenated alkanes) is 1. The minimum atomic E-state index is -0.182. The molecule has 0 saturated heterocycles. The Morgan fingerprint density at radius 3 is 2.89 bits per heavy atom. The maximum Gasteiger partial charge on any atom is 0.258 e. The Hall–Kier alpha value is -2.04. The van der Waals surface area contributed by atoms with E-state index in [1.165, 1.54) is 6.33 Å². The predicted molar refractivity (Wildman–Crippen MR) is 69.3 cm³/mol. The van der Waals surface area contributed by atoms with E-state index in [1.54, 1.807) is 19.2 Å². The first-order chi connectivity index (χ1) is 8.76. The van der Waals surface area contributed by atoms with Crippen LogP contribution in [0.15, 0.2) is 23.3 Å². The van der Waals surface area contributed by atoms with Gasteiger partial charge in [0.15, 0.2) is 11.5 Å². The van der Waals surface area contributed by atoms with Gasteiger partial charge in [0, 0.05) is 6.07 Å². The van der Waals surface area contributed by atoms with Crippen LogP contribution in [0.4, 0.5) is 0 Å². The molecule has 0 fully saturated rings. The predicted octanol–water partition coefficient (Wildman–Crippen LogP) is 2.11. The van der Waals surface area contributed by atoms with E-state index in [0.717, 1.165) is 12.8 Å². The molecule has 0 saturated carbocycles. The first-order valence-electron chi connectivity index (χ1n) is 5.94. The molecule has 5 heteroatoms. The quantitative estimate of drug-likeness (QED) is 0.823. The summed E-state index contributed by atoms with van der Waals surface area (Å²) in [6, 6.07) is 3.39. The van der Waals surface area contributed by atoms with Gasteiger partial charge >= 0.3 is 0 Å². The van der Waals surface area contributed by atoms with Gasteiger partial charge in [-0.15, -0.1) is 0 Å². The Kier molecular flexibility index (Phi) is 3.82. The Labute approximate surface area is 105 Å². The van der Waals surface area contributed by atoms with Crippen molar-refractivity contribution >= 4 is 10.9 Å². The van der Waals surface area contributed by atoms with Crippen LogP contribution in [0.25, 0.3) is 10.9 Å². The highest BCUT2D eigenvalue weighted by molar-refractivity contribution is 5.81. The molecule has 96 valence electrons. The van der Waals surface area contributed by atoms with Crippen molar-refractivity contribution in [2.75, 3.05) is 13.7 Å². The lowest BCUT2D eigenvalue weighted by molar-refractivity contribution is 0.289. The SMILES string of the molecule is CCCCOc1cc2nc[nH]c(=O)c2cc1OC. The molecule has 0 aliphatic carbocycles. The van der Waals surface area contributed by atoms with Crippen molar-refractivity contribution < 1.29 is 9.47 Å². The van der Waals surface area contributed by atoms with Crippen molar-refractivity contribution in [3.8, 4) is 11.5 Å². The molecule has 0 aliphatic rings. The number of benzene rings is 1. The number of rotatable bonds is 5. The molecule has 5 nitrogen and oxygen atoms in total. The Morgan fingerprint density at radius 1 is 1.33 bits per heavy atom. The molecule has 1 heterocycles. The summed E-state index contributed by atoms with van der Waals surface area (Å²) in [6.45, 7) is 2.73. The third-order valence-electron chi connectivity index (χ3n) is 2.68. The van der Waals surface area contributed by atoms with Gasteiger partial charge in [-0.25, -0.2) is 4.98 Å². The minimum absolute atomic E-state index is 0.182. The molecule has 2 aromatic rings. The second-order valence-corrected chi connectivity index (χ2v) is 3.95. The number of aromatic amines is 1. The third-order valence-corrected chi connectivity index (χ3v) is 2.68. The number of H-pyrrole nitrogens is 1. The lowest BCUT2D eigenvalue weighted by atomic mass is 10.2. The zero-order valence-electron chi connectivity index (χ0n) is 10.5. The number of hydrogen-bond acceptors (Lipinski definition) is 4. The molecular weight excluding hydrogens is 232 g/mol. The van der Waals surface area contributed by atoms with Crippen molar-refractivity contribution in [1.29, 1.82) is 0 Å². The second-order valence-electron chi connectivity index (χ2n) is 3.95. The summed E-state index contributed by atoms with van der Waals surface area (Å²) in [4.78, 5) is 18.3. The second kappa shape index (κ2) is 5.53. The third kappa shape index (κ3) is 2.45. The zero-order chi connectivity index (χ0) is 13.0. The summed E-state index contributed by atoms with van der Waals surface area (Å²) in [5.74, 6) is 1.17. The van der Waals surface area contributed by atoms with Crippen molar-refractivity contribution in [2.45, 2.75) is 19.8 Å². The molecule has 0 aliphatic heterocycles. The van der Waals surface area contributed by atoms with Crippen LogP contribution in [-0.2, 0) is 0 Å². The standard InChI is InChI=1S/C13H16N2O3/c1-3-4-5-18-12-7-10-9(6-11(12)17-2)13(16)15-8-14-10/h6-8H,3-5H2,1-2H3,(H,14,15,16). The number of nitrogens with one attached hydrogen (secondary N) is 1. The largest absolute Gasteiger partial charge is 0.493 e. The average Bonchev–Trinajstić information content (AvgIpc) is 2.39. The number of hydrogen-bond donors (Lipinski definition) is 1. The zero-order valence-corrected chi connectivity index (χ0v) is 10.5. The fourth-order valence-corrected chi connectivity index (χ4v) is 1.67. The van der Waals surface area contributed by atoms with Gasteiger partial charge in [-0.05, 0) is 12.5 Å². The molecule has 0 spiro atoms. The topological polar surface area (TPSA) is 64.2 Å². The molecule has 0 unspecified atom stereocenters. The van der Waals surface area contributed by atoms with Crippen LogP contribution in [0.3, 0.4) is 0 Å². The molecule has 0 radical (unpaired) electrons. The molecular formula is C13H16N2O3. The summed E-state index contributed by atoms with van der Waals surface area (Å²) in [5, 5.41) is 0.497. The number of aromatic nitrogens is 2. The molecule has 0 amide bonds. The first-order valence-corrected chi connectivity index (χ1v) is 5.94. The monoisotopic (exact) mass is 248 g/mol. The van der Waals surface area contributed by atoms with Gasteiger partial charge in [0.1, 0.15) is 0 Å². The van der Waals surface area contributed by atoms with Crippen LogP contribution < -0.4 is 15.0 Å². The summed E-state index contributed by atoms with van der Waals surface area (Å²) in [5.41, 5.74) is 0.421. The van der Waals surface area contributed by atoms with Crippen LogP contribution in [0.2, 0.25) is 0 Å². The Bertz CT molecular complexity index is 592. The van der Waals surface area contributed by atoms with Crippen molar-refractivity contribution in [3.63, 3.8) is 0 Å². The Morgan fingerprint density at radius 2 is 2.17 bits per heavy atom. The molecule has 1 aromatic heterocycles. The molecule has 0 bridgehead atoms. The maximum absolute atomic E-state index is 11.6. The molecule has 1 aromatic carbocycles. The van der Waals surface area contributed by atoms with Gasteiger partial charge in [0.25, 0.3) is 5.56 Å². The van der Waals surface area contributed by atoms with Crippen molar-refractivity contribution in [3.05, 3.63) is 28.8 Å². The summed E-state index contributed by atoms with van der Waals surface area (Å²) >= 11 is 0. The van der Waals surface area contributed by atoms with Gasteiger partial charge in [0.2, 0.25) is 0 Å². The van der Waals surface area contributed by atoms with E-state index < -0.39 is 0 Å². The fraction of sp³-hybridized carbons (Fsp3) is 0.385. The van der Waals surface area contributed by atoms with Crippen molar-refractivity contribution in [1.82, 2.24) is 9.97 Å². The average molecular weight is 248 g/mol. The molecule has 2 rings (SSSR count). The lowest BCUT2D eigenvalue weighted by Gasteiger charge is -2.11. The number of fused-ring (bicyclic) bond motifs is 1. The first kappa shape index (κ1) is 12.4. The fourth-order valence-electron chi connectivity index (χ4n) is 1.67. The highest BCUT2D eigenvalue weighted by atomic mass is 16.5. The molecule has 18 heavy (non-hydrogen) atoms.